The van der Waals surface area contributed by atoms with E-state index in [4.69, 9.17) is 14.0 Å². The number of hydrogen-bond donors (Lipinski definition) is 2. The number of rotatable bonds is 8. The van der Waals surface area contributed by atoms with E-state index < -0.39 is 0 Å². The second-order valence-electron chi connectivity index (χ2n) is 6.29. The molecule has 0 aliphatic rings. The smallest absolute Gasteiger partial charge is 0.191 e. The Morgan fingerprint density at radius 1 is 1.19 bits per heavy atom. The summed E-state index contributed by atoms with van der Waals surface area (Å²) in [6.07, 6.45) is -0.0431. The van der Waals surface area contributed by atoms with Gasteiger partial charge >= 0.3 is 0 Å². The fourth-order valence-electron chi connectivity index (χ4n) is 2.26. The number of aliphatic imine (C=N–C) groups is 1. The van der Waals surface area contributed by atoms with E-state index in [1.54, 1.807) is 14.2 Å². The van der Waals surface area contributed by atoms with E-state index in [1.807, 2.05) is 37.3 Å². The molecule has 0 saturated heterocycles. The Morgan fingerprint density at radius 2 is 1.96 bits per heavy atom. The average molecular weight is 360 g/mol. The highest BCUT2D eigenvalue weighted by Crippen LogP contribution is 2.19. The van der Waals surface area contributed by atoms with Gasteiger partial charge in [-0.25, -0.2) is 0 Å². The standard InChI is InChI=1S/C19H28N4O3/c1-13(2)18-10-17(26-23-18)12-22-19(20-4)21-11-14(3)25-16-8-6-7-15(9-16)24-5/h6-10,13-14H,11-12H2,1-5H3,(H2,20,21,22). The van der Waals surface area contributed by atoms with Gasteiger partial charge in [0.1, 0.15) is 17.6 Å². The first-order chi connectivity index (χ1) is 12.5. The first-order valence-corrected chi connectivity index (χ1v) is 8.72. The van der Waals surface area contributed by atoms with Gasteiger partial charge in [0.15, 0.2) is 11.7 Å². The summed E-state index contributed by atoms with van der Waals surface area (Å²) in [6, 6.07) is 9.51. The summed E-state index contributed by atoms with van der Waals surface area (Å²) in [5, 5.41) is 10.5. The van der Waals surface area contributed by atoms with Gasteiger partial charge in [-0.05, 0) is 25.0 Å². The molecule has 2 N–H and O–H groups in total. The molecule has 1 heterocycles. The van der Waals surface area contributed by atoms with E-state index in [-0.39, 0.29) is 6.10 Å². The van der Waals surface area contributed by atoms with E-state index in [2.05, 4.69) is 34.6 Å². The summed E-state index contributed by atoms with van der Waals surface area (Å²) in [6.45, 7) is 7.28. The van der Waals surface area contributed by atoms with Crippen molar-refractivity contribution < 1.29 is 14.0 Å². The number of nitrogens with zero attached hydrogens (tertiary/aromatic N) is 2. The molecule has 0 aliphatic carbocycles. The molecule has 2 aromatic rings. The molecule has 26 heavy (non-hydrogen) atoms. The number of ether oxygens (including phenoxy) is 2. The number of hydrogen-bond acceptors (Lipinski definition) is 5. The van der Waals surface area contributed by atoms with Gasteiger partial charge in [0, 0.05) is 19.2 Å². The third-order valence-corrected chi connectivity index (χ3v) is 3.76. The van der Waals surface area contributed by atoms with Crippen molar-refractivity contribution in [1.82, 2.24) is 15.8 Å². The SMILES string of the molecule is CN=C(NCc1cc(C(C)C)no1)NCC(C)Oc1cccc(OC)c1. The Bertz CT molecular complexity index is 712. The molecular formula is C19H28N4O3. The van der Waals surface area contributed by atoms with Gasteiger partial charge in [-0.2, -0.15) is 0 Å². The van der Waals surface area contributed by atoms with Gasteiger partial charge in [-0.3, -0.25) is 4.99 Å². The maximum Gasteiger partial charge on any atom is 0.191 e. The van der Waals surface area contributed by atoms with Crippen LogP contribution in [0.1, 0.15) is 38.1 Å². The Morgan fingerprint density at radius 3 is 2.62 bits per heavy atom. The third kappa shape index (κ3) is 5.98. The predicted molar refractivity (Wildman–Crippen MR) is 102 cm³/mol. The number of guanidine groups is 1. The predicted octanol–water partition coefficient (Wildman–Crippen LogP) is 2.94. The molecule has 1 atom stereocenters. The minimum Gasteiger partial charge on any atom is -0.497 e. The van der Waals surface area contributed by atoms with Crippen molar-refractivity contribution in [2.24, 2.45) is 4.99 Å². The molecule has 0 amide bonds. The molecule has 142 valence electrons. The summed E-state index contributed by atoms with van der Waals surface area (Å²) in [7, 11) is 3.36. The average Bonchev–Trinajstić information content (AvgIpc) is 3.11. The summed E-state index contributed by atoms with van der Waals surface area (Å²) in [5.41, 5.74) is 0.949. The largest absolute Gasteiger partial charge is 0.497 e. The molecule has 0 fully saturated rings. The minimum atomic E-state index is -0.0431. The quantitative estimate of drug-likeness (QED) is 0.556. The van der Waals surface area contributed by atoms with Crippen LogP contribution in [0, 0.1) is 0 Å². The van der Waals surface area contributed by atoms with Crippen LogP contribution in [0.4, 0.5) is 0 Å². The topological polar surface area (TPSA) is 80.9 Å². The summed E-state index contributed by atoms with van der Waals surface area (Å²) >= 11 is 0. The summed E-state index contributed by atoms with van der Waals surface area (Å²) in [5.74, 6) is 3.34. The van der Waals surface area contributed by atoms with E-state index in [0.717, 1.165) is 23.0 Å². The highest BCUT2D eigenvalue weighted by Gasteiger charge is 2.09. The molecule has 1 aromatic heterocycles. The molecule has 0 saturated carbocycles. The van der Waals surface area contributed by atoms with E-state index in [0.29, 0.717) is 25.0 Å². The van der Waals surface area contributed by atoms with Crippen LogP contribution in [-0.4, -0.2) is 37.9 Å². The van der Waals surface area contributed by atoms with Crippen LogP contribution in [0.25, 0.3) is 0 Å². The molecule has 1 aromatic carbocycles. The van der Waals surface area contributed by atoms with Crippen molar-refractivity contribution >= 4 is 5.96 Å². The molecule has 7 heteroatoms. The van der Waals surface area contributed by atoms with Crippen molar-refractivity contribution in [3.8, 4) is 11.5 Å². The maximum absolute atomic E-state index is 5.89. The highest BCUT2D eigenvalue weighted by atomic mass is 16.5. The Labute approximate surface area is 154 Å². The number of benzene rings is 1. The lowest BCUT2D eigenvalue weighted by atomic mass is 10.1. The van der Waals surface area contributed by atoms with Crippen LogP contribution in [0.2, 0.25) is 0 Å². The minimum absolute atomic E-state index is 0.0431. The summed E-state index contributed by atoms with van der Waals surface area (Å²) in [4.78, 5) is 4.21. The third-order valence-electron chi connectivity index (χ3n) is 3.76. The molecule has 1 unspecified atom stereocenters. The lowest BCUT2D eigenvalue weighted by Gasteiger charge is -2.17. The lowest BCUT2D eigenvalue weighted by Crippen LogP contribution is -2.41. The second-order valence-corrected chi connectivity index (χ2v) is 6.29. The zero-order valence-electron chi connectivity index (χ0n) is 16.1. The van der Waals surface area contributed by atoms with Crippen LogP contribution in [0.3, 0.4) is 0 Å². The van der Waals surface area contributed by atoms with Crippen molar-refractivity contribution in [1.29, 1.82) is 0 Å². The Hall–Kier alpha value is -2.70. The van der Waals surface area contributed by atoms with Gasteiger partial charge in [-0.15, -0.1) is 0 Å². The van der Waals surface area contributed by atoms with Gasteiger partial charge in [0.05, 0.1) is 25.9 Å². The molecule has 0 radical (unpaired) electrons. The van der Waals surface area contributed by atoms with Gasteiger partial charge < -0.3 is 24.6 Å². The molecule has 0 bridgehead atoms. The molecule has 2 rings (SSSR count). The van der Waals surface area contributed by atoms with Gasteiger partial charge in [0.25, 0.3) is 0 Å². The Kier molecular flexibility index (Phi) is 7.32. The van der Waals surface area contributed by atoms with Crippen molar-refractivity contribution in [2.45, 2.75) is 39.3 Å². The van der Waals surface area contributed by atoms with Crippen molar-refractivity contribution in [3.05, 3.63) is 41.8 Å². The fourth-order valence-corrected chi connectivity index (χ4v) is 2.26. The zero-order valence-corrected chi connectivity index (χ0v) is 16.1. The molecular weight excluding hydrogens is 332 g/mol. The zero-order chi connectivity index (χ0) is 18.9. The first kappa shape index (κ1) is 19.6. The van der Waals surface area contributed by atoms with E-state index in [9.17, 15) is 0 Å². The number of methoxy groups -OCH3 is 1. The lowest BCUT2D eigenvalue weighted by molar-refractivity contribution is 0.223. The fraction of sp³-hybridized carbons (Fsp3) is 0.474. The molecule has 7 nitrogen and oxygen atoms in total. The maximum atomic E-state index is 5.89. The van der Waals surface area contributed by atoms with E-state index in [1.165, 1.54) is 0 Å². The van der Waals surface area contributed by atoms with Crippen LogP contribution < -0.4 is 20.1 Å². The van der Waals surface area contributed by atoms with Gasteiger partial charge in [-0.1, -0.05) is 25.1 Å². The normalized spacial score (nSPS) is 12.8. The van der Waals surface area contributed by atoms with Crippen LogP contribution >= 0.6 is 0 Å². The van der Waals surface area contributed by atoms with Crippen molar-refractivity contribution in [2.75, 3.05) is 20.7 Å². The molecule has 0 spiro atoms. The van der Waals surface area contributed by atoms with Crippen LogP contribution in [-0.2, 0) is 6.54 Å². The van der Waals surface area contributed by atoms with Crippen LogP contribution in [0.15, 0.2) is 39.8 Å². The number of aromatic nitrogens is 1. The first-order valence-electron chi connectivity index (χ1n) is 8.72. The highest BCUT2D eigenvalue weighted by molar-refractivity contribution is 5.79. The molecule has 0 aliphatic heterocycles. The second kappa shape index (κ2) is 9.70. The van der Waals surface area contributed by atoms with E-state index >= 15 is 0 Å². The monoisotopic (exact) mass is 360 g/mol. The van der Waals surface area contributed by atoms with Gasteiger partial charge in [0.2, 0.25) is 0 Å². The summed E-state index contributed by atoms with van der Waals surface area (Å²) < 4.78 is 16.4. The van der Waals surface area contributed by atoms with Crippen molar-refractivity contribution in [3.63, 3.8) is 0 Å². The van der Waals surface area contributed by atoms with Crippen LogP contribution in [0.5, 0.6) is 11.5 Å². The Balaban J connectivity index is 1.78. The number of nitrogens with one attached hydrogen (secondary N) is 2.